The summed E-state index contributed by atoms with van der Waals surface area (Å²) in [5.41, 5.74) is 0.502. The van der Waals surface area contributed by atoms with Crippen LogP contribution in [0, 0.1) is 34.5 Å². The first-order chi connectivity index (χ1) is 14.4. The van der Waals surface area contributed by atoms with Crippen LogP contribution in [0.4, 0.5) is 5.82 Å². The van der Waals surface area contributed by atoms with E-state index in [1.165, 1.54) is 25.7 Å². The lowest BCUT2D eigenvalue weighted by atomic mass is 9.47. The lowest BCUT2D eigenvalue weighted by Gasteiger charge is -2.60. The van der Waals surface area contributed by atoms with Crippen LogP contribution >= 0.6 is 0 Å². The number of hydrogen-bond donors (Lipinski definition) is 2. The molecule has 2 amide bonds. The molecule has 3 aliphatic carbocycles. The molecule has 1 aliphatic heterocycles. The highest BCUT2D eigenvalue weighted by Crippen LogP contribution is 2.66. The minimum absolute atomic E-state index is 0.0650. The van der Waals surface area contributed by atoms with Crippen LogP contribution in [0.5, 0.6) is 0 Å². The third-order valence-corrected chi connectivity index (χ3v) is 9.55. The van der Waals surface area contributed by atoms with Crippen LogP contribution in [0.2, 0.25) is 0 Å². The zero-order valence-electron chi connectivity index (χ0n) is 18.2. The van der Waals surface area contributed by atoms with Crippen molar-refractivity contribution in [2.75, 3.05) is 5.32 Å². The number of fused-ring (bicyclic) bond motifs is 5. The molecule has 1 aromatic heterocycles. The predicted molar refractivity (Wildman–Crippen MR) is 114 cm³/mol. The van der Waals surface area contributed by atoms with Crippen molar-refractivity contribution in [3.05, 3.63) is 18.6 Å². The fourth-order valence-corrected chi connectivity index (χ4v) is 7.93. The van der Waals surface area contributed by atoms with E-state index in [2.05, 4.69) is 34.4 Å². The average molecular weight is 411 g/mol. The van der Waals surface area contributed by atoms with E-state index in [0.29, 0.717) is 42.5 Å². The van der Waals surface area contributed by atoms with Crippen LogP contribution in [-0.2, 0) is 9.59 Å². The number of rotatable bonds is 3. The summed E-state index contributed by atoms with van der Waals surface area (Å²) in [4.78, 5) is 32.9. The number of nitrogens with zero attached hydrogens (tertiary/aromatic N) is 2. The van der Waals surface area contributed by atoms with Crippen LogP contribution in [0.3, 0.4) is 0 Å². The minimum Gasteiger partial charge on any atom is -0.353 e. The lowest BCUT2D eigenvalue weighted by Crippen LogP contribution is -2.61. The molecule has 162 valence electrons. The van der Waals surface area contributed by atoms with Gasteiger partial charge in [0, 0.05) is 31.3 Å². The predicted octanol–water partition coefficient (Wildman–Crippen LogP) is 3.94. The maximum atomic E-state index is 12.7. The van der Waals surface area contributed by atoms with Gasteiger partial charge in [-0.15, -0.1) is 0 Å². The van der Waals surface area contributed by atoms with E-state index in [4.69, 9.17) is 0 Å². The average Bonchev–Trinajstić information content (AvgIpc) is 3.05. The van der Waals surface area contributed by atoms with E-state index in [-0.39, 0.29) is 22.6 Å². The van der Waals surface area contributed by atoms with E-state index < -0.39 is 0 Å². The molecule has 0 unspecified atom stereocenters. The Kier molecular flexibility index (Phi) is 4.86. The Balaban J connectivity index is 1.29. The van der Waals surface area contributed by atoms with Crippen LogP contribution < -0.4 is 10.6 Å². The number of carbonyl (C=O) groups excluding carboxylic acids is 2. The molecule has 4 aliphatic rings. The number of aromatic nitrogens is 2. The molecule has 6 nitrogen and oxygen atoms in total. The Labute approximate surface area is 179 Å². The monoisotopic (exact) mass is 410 g/mol. The SMILES string of the molecule is C[C@]12CCC(=O)N[C@@H]1CC[C@@H]1[C@@H]2CC[C@]2(C)[C@@H](CC(=O)Nc3cnccn3)CC[C@@H]12. The summed E-state index contributed by atoms with van der Waals surface area (Å²) in [7, 11) is 0. The number of carbonyl (C=O) groups is 2. The number of hydrogen-bond acceptors (Lipinski definition) is 4. The number of piperidine rings is 1. The first kappa shape index (κ1) is 20.0. The Hall–Kier alpha value is -1.98. The summed E-state index contributed by atoms with van der Waals surface area (Å²) in [5.74, 6) is 3.45. The van der Waals surface area contributed by atoms with Gasteiger partial charge in [-0.2, -0.15) is 0 Å². The van der Waals surface area contributed by atoms with Crippen molar-refractivity contribution < 1.29 is 9.59 Å². The first-order valence-electron chi connectivity index (χ1n) is 11.8. The van der Waals surface area contributed by atoms with Crippen molar-refractivity contribution in [3.63, 3.8) is 0 Å². The maximum Gasteiger partial charge on any atom is 0.225 e. The molecule has 30 heavy (non-hydrogen) atoms. The molecular weight excluding hydrogens is 376 g/mol. The van der Waals surface area contributed by atoms with Crippen molar-refractivity contribution in [3.8, 4) is 0 Å². The zero-order valence-corrected chi connectivity index (χ0v) is 18.2. The third kappa shape index (κ3) is 3.14. The maximum absolute atomic E-state index is 12.7. The van der Waals surface area contributed by atoms with Crippen molar-refractivity contribution in [1.82, 2.24) is 15.3 Å². The Morgan fingerprint density at radius 1 is 1.10 bits per heavy atom. The molecule has 1 saturated heterocycles. The highest BCUT2D eigenvalue weighted by atomic mass is 16.2. The molecule has 5 rings (SSSR count). The second-order valence-corrected chi connectivity index (χ2v) is 10.7. The van der Waals surface area contributed by atoms with Gasteiger partial charge in [-0.1, -0.05) is 13.8 Å². The molecule has 0 bridgehead atoms. The molecule has 6 heteroatoms. The largest absolute Gasteiger partial charge is 0.353 e. The Morgan fingerprint density at radius 2 is 1.93 bits per heavy atom. The van der Waals surface area contributed by atoms with Gasteiger partial charge in [0.1, 0.15) is 0 Å². The molecule has 0 spiro atoms. The summed E-state index contributed by atoms with van der Waals surface area (Å²) in [6, 6.07) is 0.360. The minimum atomic E-state index is 0.0650. The fourth-order valence-electron chi connectivity index (χ4n) is 7.93. The third-order valence-electron chi connectivity index (χ3n) is 9.55. The smallest absolute Gasteiger partial charge is 0.225 e. The van der Waals surface area contributed by atoms with Crippen molar-refractivity contribution in [2.24, 2.45) is 34.5 Å². The van der Waals surface area contributed by atoms with Crippen LogP contribution in [0.25, 0.3) is 0 Å². The Bertz CT molecular complexity index is 830. The fraction of sp³-hybridized carbons (Fsp3) is 0.750. The lowest BCUT2D eigenvalue weighted by molar-refractivity contribution is -0.137. The van der Waals surface area contributed by atoms with Gasteiger partial charge in [0.05, 0.1) is 6.20 Å². The second kappa shape index (κ2) is 7.31. The van der Waals surface area contributed by atoms with E-state index in [0.717, 1.165) is 25.2 Å². The second-order valence-electron chi connectivity index (χ2n) is 10.7. The van der Waals surface area contributed by atoms with Crippen LogP contribution in [0.1, 0.15) is 71.6 Å². The van der Waals surface area contributed by atoms with Gasteiger partial charge in [-0.25, -0.2) is 4.98 Å². The molecule has 0 aromatic carbocycles. The molecule has 0 radical (unpaired) electrons. The normalized spacial score (nSPS) is 42.5. The summed E-state index contributed by atoms with van der Waals surface area (Å²) in [6.07, 6.45) is 14.3. The summed E-state index contributed by atoms with van der Waals surface area (Å²) in [5, 5.41) is 6.25. The van der Waals surface area contributed by atoms with Crippen LogP contribution in [-0.4, -0.2) is 27.8 Å². The quantitative estimate of drug-likeness (QED) is 0.790. The summed E-state index contributed by atoms with van der Waals surface area (Å²) < 4.78 is 0. The van der Waals surface area contributed by atoms with Gasteiger partial charge in [0.2, 0.25) is 11.8 Å². The van der Waals surface area contributed by atoms with Gasteiger partial charge in [-0.05, 0) is 79.4 Å². The van der Waals surface area contributed by atoms with Crippen molar-refractivity contribution >= 4 is 17.6 Å². The molecule has 4 fully saturated rings. The molecule has 3 saturated carbocycles. The molecule has 1 aromatic rings. The molecule has 2 N–H and O–H groups in total. The standard InChI is InChI=1S/C24H34N4O2/c1-23-9-7-18-16(4-6-19-24(18,2)10-8-21(29)27-19)17(23)5-3-15(23)13-22(30)28-20-14-25-11-12-26-20/h11-12,14-19H,3-10,13H2,1-2H3,(H,27,29)(H,26,28,30)/t15-,16+,17+,18+,19-,23-,24-/m1/s1. The highest BCUT2D eigenvalue weighted by Gasteiger charge is 2.60. The topological polar surface area (TPSA) is 84.0 Å². The molecule has 2 heterocycles. The van der Waals surface area contributed by atoms with E-state index in [1.807, 2.05) is 0 Å². The van der Waals surface area contributed by atoms with E-state index >= 15 is 0 Å². The summed E-state index contributed by atoms with van der Waals surface area (Å²) >= 11 is 0. The van der Waals surface area contributed by atoms with E-state index in [1.54, 1.807) is 18.6 Å². The van der Waals surface area contributed by atoms with Gasteiger partial charge in [-0.3, -0.25) is 14.6 Å². The van der Waals surface area contributed by atoms with Crippen molar-refractivity contribution in [2.45, 2.75) is 77.7 Å². The van der Waals surface area contributed by atoms with Crippen molar-refractivity contribution in [1.29, 1.82) is 0 Å². The van der Waals surface area contributed by atoms with E-state index in [9.17, 15) is 9.59 Å². The van der Waals surface area contributed by atoms with Gasteiger partial charge in [0.15, 0.2) is 5.82 Å². The van der Waals surface area contributed by atoms with Gasteiger partial charge >= 0.3 is 0 Å². The number of anilines is 1. The van der Waals surface area contributed by atoms with Crippen LogP contribution in [0.15, 0.2) is 18.6 Å². The first-order valence-corrected chi connectivity index (χ1v) is 11.8. The molecular formula is C24H34N4O2. The molecule has 7 atom stereocenters. The van der Waals surface area contributed by atoms with Gasteiger partial charge in [0.25, 0.3) is 0 Å². The summed E-state index contributed by atoms with van der Waals surface area (Å²) in [6.45, 7) is 4.90. The highest BCUT2D eigenvalue weighted by molar-refractivity contribution is 5.89. The van der Waals surface area contributed by atoms with Gasteiger partial charge < -0.3 is 10.6 Å². The number of nitrogens with one attached hydrogen (secondary N) is 2. The number of amides is 2. The Morgan fingerprint density at radius 3 is 2.73 bits per heavy atom. The zero-order chi connectivity index (χ0) is 20.9.